The van der Waals surface area contributed by atoms with E-state index in [2.05, 4.69) is 69.0 Å². The van der Waals surface area contributed by atoms with E-state index in [1.54, 1.807) is 24.3 Å². The molecule has 7 rings (SSSR count). The molecular formula is C38H41N3O4S. The first kappa shape index (κ1) is 30.5. The normalized spacial score (nSPS) is 17.2. The number of hydrogen-bond donors (Lipinski definition) is 0. The Labute approximate surface area is 272 Å². The minimum atomic E-state index is -3.86. The average molecular weight is 636 g/mol. The van der Waals surface area contributed by atoms with E-state index in [0.717, 1.165) is 73.5 Å². The molecule has 5 aromatic rings. The van der Waals surface area contributed by atoms with Gasteiger partial charge in [0.2, 0.25) is 0 Å². The second-order valence-corrected chi connectivity index (χ2v) is 14.0. The largest absolute Gasteiger partial charge is 0.487 e. The molecule has 2 aliphatic rings. The van der Waals surface area contributed by atoms with Gasteiger partial charge in [0.15, 0.2) is 0 Å². The van der Waals surface area contributed by atoms with Gasteiger partial charge in [-0.15, -0.1) is 0 Å². The monoisotopic (exact) mass is 635 g/mol. The molecule has 0 radical (unpaired) electrons. The molecule has 1 aromatic heterocycles. The molecule has 0 N–H and O–H groups in total. The number of hydrogen-bond acceptors (Lipinski definition) is 6. The summed E-state index contributed by atoms with van der Waals surface area (Å²) in [5, 5.41) is 1.12. The third-order valence-electron chi connectivity index (χ3n) is 9.35. The number of piperazine rings is 1. The van der Waals surface area contributed by atoms with E-state index < -0.39 is 16.2 Å². The molecule has 1 unspecified atom stereocenters. The minimum Gasteiger partial charge on any atom is -0.487 e. The summed E-state index contributed by atoms with van der Waals surface area (Å²) in [5.41, 5.74) is 6.94. The summed E-state index contributed by atoms with van der Waals surface area (Å²) in [7, 11) is -3.86. The fraction of sp³-hybridized carbons (Fsp3) is 0.316. The lowest BCUT2D eigenvalue weighted by Crippen LogP contribution is -2.47. The third-order valence-corrected chi connectivity index (χ3v) is 10.7. The fourth-order valence-corrected chi connectivity index (χ4v) is 7.97. The third kappa shape index (κ3) is 6.56. The first-order valence-electron chi connectivity index (χ1n) is 16.3. The summed E-state index contributed by atoms with van der Waals surface area (Å²) >= 11 is 0. The van der Waals surface area contributed by atoms with Crippen LogP contribution < -0.4 is 9.64 Å². The van der Waals surface area contributed by atoms with Gasteiger partial charge in [0.25, 0.3) is 10.1 Å². The zero-order valence-corrected chi connectivity index (χ0v) is 27.2. The molecule has 2 heterocycles. The van der Waals surface area contributed by atoms with Crippen LogP contribution in [0.15, 0.2) is 108 Å². The van der Waals surface area contributed by atoms with Crippen molar-refractivity contribution < 1.29 is 17.3 Å². The molecule has 1 fully saturated rings. The number of para-hydroxylation sites is 2. The Morgan fingerprint density at radius 1 is 0.783 bits per heavy atom. The lowest BCUT2D eigenvalue weighted by Gasteiger charge is -2.36. The molecule has 4 aromatic carbocycles. The van der Waals surface area contributed by atoms with Gasteiger partial charge >= 0.3 is 0 Å². The molecule has 1 saturated heterocycles. The van der Waals surface area contributed by atoms with E-state index in [0.29, 0.717) is 19.4 Å². The fourth-order valence-electron chi connectivity index (χ4n) is 6.87. The van der Waals surface area contributed by atoms with Crippen molar-refractivity contribution in [2.75, 3.05) is 37.6 Å². The number of ether oxygens (including phenoxy) is 1. The molecule has 7 nitrogen and oxygen atoms in total. The zero-order chi connectivity index (χ0) is 31.5. The molecule has 238 valence electrons. The van der Waals surface area contributed by atoms with Crippen LogP contribution >= 0.6 is 0 Å². The Balaban J connectivity index is 1.14. The molecule has 1 atom stereocenters. The van der Waals surface area contributed by atoms with Crippen molar-refractivity contribution in [1.29, 1.82) is 0 Å². The van der Waals surface area contributed by atoms with Crippen LogP contribution in [0.25, 0.3) is 10.9 Å². The van der Waals surface area contributed by atoms with Gasteiger partial charge in [-0.05, 0) is 61.2 Å². The average Bonchev–Trinajstić information content (AvgIpc) is 3.40. The van der Waals surface area contributed by atoms with Crippen LogP contribution in [-0.4, -0.2) is 56.7 Å². The summed E-state index contributed by atoms with van der Waals surface area (Å²) < 4.78 is 41.2. The van der Waals surface area contributed by atoms with Crippen LogP contribution in [0.4, 0.5) is 5.69 Å². The lowest BCUT2D eigenvalue weighted by molar-refractivity contribution is 0.190. The number of anilines is 1. The van der Waals surface area contributed by atoms with Gasteiger partial charge in [-0.25, -0.2) is 0 Å². The highest BCUT2D eigenvalue weighted by molar-refractivity contribution is 7.86. The summed E-state index contributed by atoms with van der Waals surface area (Å²) in [6.07, 6.45) is 1.52. The van der Waals surface area contributed by atoms with Crippen LogP contribution in [0.3, 0.4) is 0 Å². The zero-order valence-electron chi connectivity index (χ0n) is 26.3. The highest BCUT2D eigenvalue weighted by atomic mass is 32.2. The molecule has 0 amide bonds. The number of nitrogens with zero attached hydrogens (tertiary/aromatic N) is 3. The smallest absolute Gasteiger partial charge is 0.297 e. The van der Waals surface area contributed by atoms with E-state index in [1.807, 2.05) is 31.2 Å². The second-order valence-electron chi connectivity index (χ2n) is 12.4. The Kier molecular flexibility index (Phi) is 8.84. The molecule has 46 heavy (non-hydrogen) atoms. The molecule has 0 bridgehead atoms. The molecule has 1 aliphatic carbocycles. The van der Waals surface area contributed by atoms with Gasteiger partial charge in [0, 0.05) is 62.5 Å². The minimum absolute atomic E-state index is 0.204. The quantitative estimate of drug-likeness (QED) is 0.161. The van der Waals surface area contributed by atoms with Crippen LogP contribution in [0.1, 0.15) is 28.8 Å². The topological polar surface area (TPSA) is 64.0 Å². The maximum atomic E-state index is 13.2. The van der Waals surface area contributed by atoms with Gasteiger partial charge < -0.3 is 14.2 Å². The molecule has 8 heteroatoms. The summed E-state index contributed by atoms with van der Waals surface area (Å²) in [4.78, 5) is 5.22. The van der Waals surface area contributed by atoms with Crippen molar-refractivity contribution in [2.24, 2.45) is 0 Å². The first-order chi connectivity index (χ1) is 22.4. The van der Waals surface area contributed by atoms with Crippen LogP contribution in [0.5, 0.6) is 5.75 Å². The Morgan fingerprint density at radius 2 is 1.50 bits per heavy atom. The summed E-state index contributed by atoms with van der Waals surface area (Å²) in [5.74, 6) is 0.856. The SMILES string of the molecule is Cc1ccc(S(=O)(=O)OC2CCc3c(c4cccc(OCc5ccccc5)c4n3CCN3CCN(c4ccccc4)CC3)C2)cc1. The van der Waals surface area contributed by atoms with Gasteiger partial charge in [0.05, 0.1) is 16.5 Å². The van der Waals surface area contributed by atoms with Crippen molar-refractivity contribution in [1.82, 2.24) is 9.47 Å². The van der Waals surface area contributed by atoms with Crippen molar-refractivity contribution in [3.63, 3.8) is 0 Å². The van der Waals surface area contributed by atoms with Crippen molar-refractivity contribution >= 4 is 26.7 Å². The van der Waals surface area contributed by atoms with Gasteiger partial charge in [-0.2, -0.15) is 8.42 Å². The molecule has 1 aliphatic heterocycles. The maximum Gasteiger partial charge on any atom is 0.297 e. The predicted molar refractivity (Wildman–Crippen MR) is 183 cm³/mol. The van der Waals surface area contributed by atoms with Gasteiger partial charge in [-0.3, -0.25) is 9.08 Å². The number of fused-ring (bicyclic) bond motifs is 3. The highest BCUT2D eigenvalue weighted by Crippen LogP contribution is 2.38. The van der Waals surface area contributed by atoms with Crippen LogP contribution in [0.2, 0.25) is 0 Å². The highest BCUT2D eigenvalue weighted by Gasteiger charge is 2.31. The Morgan fingerprint density at radius 3 is 2.24 bits per heavy atom. The molecule has 0 spiro atoms. The summed E-state index contributed by atoms with van der Waals surface area (Å²) in [6.45, 7) is 8.25. The van der Waals surface area contributed by atoms with Crippen LogP contribution in [-0.2, 0) is 40.3 Å². The van der Waals surface area contributed by atoms with Crippen molar-refractivity contribution in [2.45, 2.75) is 50.3 Å². The molecular weight excluding hydrogens is 595 g/mol. The van der Waals surface area contributed by atoms with Gasteiger partial charge in [-0.1, -0.05) is 78.4 Å². The van der Waals surface area contributed by atoms with E-state index in [-0.39, 0.29) is 4.90 Å². The van der Waals surface area contributed by atoms with E-state index in [9.17, 15) is 8.42 Å². The van der Waals surface area contributed by atoms with Crippen LogP contribution in [0, 0.1) is 6.92 Å². The predicted octanol–water partition coefficient (Wildman–Crippen LogP) is 6.61. The van der Waals surface area contributed by atoms with Crippen molar-refractivity contribution in [3.8, 4) is 5.75 Å². The first-order valence-corrected chi connectivity index (χ1v) is 17.7. The van der Waals surface area contributed by atoms with Gasteiger partial charge in [0.1, 0.15) is 12.4 Å². The van der Waals surface area contributed by atoms with E-state index in [4.69, 9.17) is 8.92 Å². The number of benzene rings is 4. The molecule has 0 saturated carbocycles. The number of rotatable bonds is 10. The number of aryl methyl sites for hydroxylation is 1. The Hall–Kier alpha value is -4.11. The van der Waals surface area contributed by atoms with E-state index >= 15 is 0 Å². The summed E-state index contributed by atoms with van der Waals surface area (Å²) in [6, 6.07) is 34.0. The number of aromatic nitrogens is 1. The van der Waals surface area contributed by atoms with E-state index in [1.165, 1.54) is 16.9 Å². The second kappa shape index (κ2) is 13.3. The van der Waals surface area contributed by atoms with Crippen molar-refractivity contribution in [3.05, 3.63) is 126 Å². The maximum absolute atomic E-state index is 13.2. The lowest BCUT2D eigenvalue weighted by atomic mass is 9.93. The standard InChI is InChI=1S/C38H41N3O4S/c1-29-15-18-33(19-16-29)46(42,43)45-32-17-20-36-35(27-32)34-13-8-14-37(44-28-30-9-4-2-5-10-30)38(34)41(36)26-23-39-21-24-40(25-22-39)31-11-6-3-7-12-31/h2-16,18-19,32H,17,20-28H2,1H3. The Bertz CT molecular complexity index is 1880.